The average Bonchev–Trinajstić information content (AvgIpc) is 2.47. The maximum atomic E-state index is 13.1. The van der Waals surface area contributed by atoms with Crippen molar-refractivity contribution in [2.24, 2.45) is 5.92 Å². The molecule has 0 bridgehead atoms. The van der Waals surface area contributed by atoms with Crippen molar-refractivity contribution in [3.05, 3.63) is 42.0 Å². The van der Waals surface area contributed by atoms with Crippen molar-refractivity contribution in [1.82, 2.24) is 5.32 Å². The molecule has 1 amide bonds. The maximum absolute atomic E-state index is 13.1. The fourth-order valence-corrected chi connectivity index (χ4v) is 2.43. The van der Waals surface area contributed by atoms with Gasteiger partial charge < -0.3 is 5.32 Å². The minimum atomic E-state index is -2.66. The number of hydrogen-bond donors (Lipinski definition) is 1. The monoisotopic (exact) mass is 293 g/mol. The standard InChI is InChI=1S/C16H17F2NO2/c17-16(18)9-6-13(7-10-16)15(21)19-14(8-11-20)12-4-2-1-3-5-12/h1-5,8,11,13H,6-7,9-10H2,(H,19,21)/b14-8+. The Morgan fingerprint density at radius 3 is 2.38 bits per heavy atom. The van der Waals surface area contributed by atoms with E-state index in [4.69, 9.17) is 0 Å². The molecule has 0 spiro atoms. The number of nitrogens with one attached hydrogen (secondary N) is 1. The van der Waals surface area contributed by atoms with Gasteiger partial charge in [-0.05, 0) is 18.4 Å². The normalized spacial score (nSPS) is 19.0. The summed E-state index contributed by atoms with van der Waals surface area (Å²) in [5.41, 5.74) is 1.10. The van der Waals surface area contributed by atoms with E-state index in [-0.39, 0.29) is 31.6 Å². The first-order valence-corrected chi connectivity index (χ1v) is 6.91. The first-order chi connectivity index (χ1) is 10.0. The highest BCUT2D eigenvalue weighted by Gasteiger charge is 2.37. The molecular weight excluding hydrogens is 276 g/mol. The molecule has 0 aliphatic heterocycles. The van der Waals surface area contributed by atoms with Crippen LogP contribution in [0.25, 0.3) is 5.70 Å². The Kier molecular flexibility index (Phi) is 4.83. The Bertz CT molecular complexity index is 530. The Morgan fingerprint density at radius 2 is 1.81 bits per heavy atom. The van der Waals surface area contributed by atoms with E-state index in [0.29, 0.717) is 17.5 Å². The van der Waals surface area contributed by atoms with E-state index in [1.807, 2.05) is 6.07 Å². The van der Waals surface area contributed by atoms with Gasteiger partial charge in [-0.3, -0.25) is 9.59 Å². The molecule has 112 valence electrons. The van der Waals surface area contributed by atoms with Crippen LogP contribution in [-0.4, -0.2) is 18.1 Å². The first-order valence-electron chi connectivity index (χ1n) is 6.91. The number of allylic oxidation sites excluding steroid dienone is 1. The molecule has 2 rings (SSSR count). The topological polar surface area (TPSA) is 46.2 Å². The van der Waals surface area contributed by atoms with Gasteiger partial charge >= 0.3 is 0 Å². The zero-order valence-electron chi connectivity index (χ0n) is 11.5. The van der Waals surface area contributed by atoms with Crippen LogP contribution in [0.3, 0.4) is 0 Å². The van der Waals surface area contributed by atoms with Crippen molar-refractivity contribution in [3.8, 4) is 0 Å². The summed E-state index contributed by atoms with van der Waals surface area (Å²) in [6.45, 7) is 0. The van der Waals surface area contributed by atoms with Crippen LogP contribution in [0.4, 0.5) is 8.78 Å². The van der Waals surface area contributed by atoms with E-state index in [1.54, 1.807) is 24.3 Å². The zero-order chi connectivity index (χ0) is 15.3. The second-order valence-corrected chi connectivity index (χ2v) is 5.20. The molecule has 1 aromatic rings. The van der Waals surface area contributed by atoms with Crippen LogP contribution in [0.15, 0.2) is 36.4 Å². The highest BCUT2D eigenvalue weighted by Crippen LogP contribution is 2.36. The summed E-state index contributed by atoms with van der Waals surface area (Å²) in [6, 6.07) is 8.95. The van der Waals surface area contributed by atoms with Crippen LogP contribution in [0, 0.1) is 5.92 Å². The van der Waals surface area contributed by atoms with Crippen LogP contribution in [-0.2, 0) is 9.59 Å². The van der Waals surface area contributed by atoms with E-state index < -0.39 is 11.8 Å². The summed E-state index contributed by atoms with van der Waals surface area (Å²) in [4.78, 5) is 22.9. The highest BCUT2D eigenvalue weighted by atomic mass is 19.3. The lowest BCUT2D eigenvalue weighted by Crippen LogP contribution is -2.35. The third-order valence-electron chi connectivity index (χ3n) is 3.67. The third kappa shape index (κ3) is 4.21. The summed E-state index contributed by atoms with van der Waals surface area (Å²) in [6.07, 6.45) is 1.68. The number of amides is 1. The number of rotatable bonds is 4. The minimum Gasteiger partial charge on any atom is -0.325 e. The van der Waals surface area contributed by atoms with Crippen molar-refractivity contribution < 1.29 is 18.4 Å². The molecular formula is C16H17F2NO2. The molecule has 0 radical (unpaired) electrons. The summed E-state index contributed by atoms with van der Waals surface area (Å²) in [5.74, 6) is -3.39. The van der Waals surface area contributed by atoms with Gasteiger partial charge in [0.2, 0.25) is 11.8 Å². The van der Waals surface area contributed by atoms with Crippen molar-refractivity contribution in [3.63, 3.8) is 0 Å². The van der Waals surface area contributed by atoms with Gasteiger partial charge in [0, 0.05) is 24.8 Å². The molecule has 1 aliphatic carbocycles. The van der Waals surface area contributed by atoms with E-state index >= 15 is 0 Å². The fraction of sp³-hybridized carbons (Fsp3) is 0.375. The van der Waals surface area contributed by atoms with E-state index in [0.717, 1.165) is 0 Å². The summed E-state index contributed by atoms with van der Waals surface area (Å²) in [7, 11) is 0. The highest BCUT2D eigenvalue weighted by molar-refractivity contribution is 5.92. The fourth-order valence-electron chi connectivity index (χ4n) is 2.43. The number of halogens is 2. The molecule has 5 heteroatoms. The number of hydrogen-bond acceptors (Lipinski definition) is 2. The third-order valence-corrected chi connectivity index (χ3v) is 3.67. The quantitative estimate of drug-likeness (QED) is 0.684. The Morgan fingerprint density at radius 1 is 1.19 bits per heavy atom. The minimum absolute atomic E-state index is 0.169. The predicted octanol–water partition coefficient (Wildman–Crippen LogP) is 3.17. The molecule has 0 unspecified atom stereocenters. The molecule has 1 N–H and O–H groups in total. The van der Waals surface area contributed by atoms with Gasteiger partial charge in [-0.1, -0.05) is 30.3 Å². The molecule has 0 aromatic heterocycles. The van der Waals surface area contributed by atoms with Crippen molar-refractivity contribution >= 4 is 17.9 Å². The van der Waals surface area contributed by atoms with E-state index in [1.165, 1.54) is 6.08 Å². The van der Waals surface area contributed by atoms with Gasteiger partial charge in [-0.2, -0.15) is 0 Å². The molecule has 1 aromatic carbocycles. The van der Waals surface area contributed by atoms with Crippen molar-refractivity contribution in [2.45, 2.75) is 31.6 Å². The number of carbonyl (C=O) groups excluding carboxylic acids is 2. The molecule has 1 saturated carbocycles. The maximum Gasteiger partial charge on any atom is 0.248 e. The Hall–Kier alpha value is -2.04. The van der Waals surface area contributed by atoms with Crippen LogP contribution >= 0.6 is 0 Å². The number of benzene rings is 1. The average molecular weight is 293 g/mol. The molecule has 0 atom stereocenters. The molecule has 0 saturated heterocycles. The number of carbonyl (C=O) groups is 2. The summed E-state index contributed by atoms with van der Waals surface area (Å²) in [5, 5.41) is 2.68. The lowest BCUT2D eigenvalue weighted by Gasteiger charge is -2.27. The molecule has 1 fully saturated rings. The number of aldehydes is 1. The van der Waals surface area contributed by atoms with Gasteiger partial charge in [0.15, 0.2) is 0 Å². The number of alkyl halides is 2. The van der Waals surface area contributed by atoms with Gasteiger partial charge in [-0.15, -0.1) is 0 Å². The zero-order valence-corrected chi connectivity index (χ0v) is 11.5. The molecule has 0 heterocycles. The SMILES string of the molecule is O=C/C=C(/NC(=O)C1CCC(F)(F)CC1)c1ccccc1. The van der Waals surface area contributed by atoms with Crippen molar-refractivity contribution in [2.75, 3.05) is 0 Å². The second kappa shape index (κ2) is 6.61. The molecule has 1 aliphatic rings. The van der Waals surface area contributed by atoms with Crippen LogP contribution in [0.2, 0.25) is 0 Å². The largest absolute Gasteiger partial charge is 0.325 e. The smallest absolute Gasteiger partial charge is 0.248 e. The molecule has 21 heavy (non-hydrogen) atoms. The van der Waals surface area contributed by atoms with E-state index in [2.05, 4.69) is 5.32 Å². The van der Waals surface area contributed by atoms with Crippen LogP contribution < -0.4 is 5.32 Å². The first kappa shape index (κ1) is 15.4. The Labute approximate surface area is 122 Å². The van der Waals surface area contributed by atoms with Gasteiger partial charge in [0.25, 0.3) is 0 Å². The van der Waals surface area contributed by atoms with Crippen molar-refractivity contribution in [1.29, 1.82) is 0 Å². The van der Waals surface area contributed by atoms with Gasteiger partial charge in [0.1, 0.15) is 6.29 Å². The second-order valence-electron chi connectivity index (χ2n) is 5.20. The molecule has 3 nitrogen and oxygen atoms in total. The van der Waals surface area contributed by atoms with E-state index in [9.17, 15) is 18.4 Å². The van der Waals surface area contributed by atoms with Gasteiger partial charge in [-0.25, -0.2) is 8.78 Å². The lowest BCUT2D eigenvalue weighted by molar-refractivity contribution is -0.127. The van der Waals surface area contributed by atoms with Crippen LogP contribution in [0.1, 0.15) is 31.2 Å². The van der Waals surface area contributed by atoms with Crippen LogP contribution in [0.5, 0.6) is 0 Å². The summed E-state index contributed by atoms with van der Waals surface area (Å²) >= 11 is 0. The lowest BCUT2D eigenvalue weighted by atomic mass is 9.86. The Balaban J connectivity index is 2.03. The van der Waals surface area contributed by atoms with Gasteiger partial charge in [0.05, 0.1) is 5.70 Å². The summed E-state index contributed by atoms with van der Waals surface area (Å²) < 4.78 is 26.2. The predicted molar refractivity (Wildman–Crippen MR) is 75.5 cm³/mol.